The largest absolute Gasteiger partial charge is 0.497 e. The van der Waals surface area contributed by atoms with Crippen molar-refractivity contribution in [3.05, 3.63) is 98.7 Å². The molecule has 0 spiro atoms. The minimum absolute atomic E-state index is 0.153. The number of nitrogens with zero attached hydrogens (tertiary/aromatic N) is 2. The van der Waals surface area contributed by atoms with Gasteiger partial charge in [0, 0.05) is 16.2 Å². The molecule has 0 saturated heterocycles. The monoisotopic (exact) mass is 569 g/mol. The first kappa shape index (κ1) is 27.0. The lowest BCUT2D eigenvalue weighted by Gasteiger charge is -2.16. The average molecular weight is 570 g/mol. The molecule has 0 aliphatic rings. The summed E-state index contributed by atoms with van der Waals surface area (Å²) in [6, 6.07) is 16.5. The molecule has 0 radical (unpaired) electrons. The Morgan fingerprint density at radius 2 is 1.68 bits per heavy atom. The third kappa shape index (κ3) is 4.93. The highest BCUT2D eigenvalue weighted by Crippen LogP contribution is 2.34. The second-order valence-electron chi connectivity index (χ2n) is 8.81. The minimum atomic E-state index is -4.68. The average Bonchev–Trinajstić information content (AvgIpc) is 3.33. The molecule has 0 fully saturated rings. The van der Waals surface area contributed by atoms with Gasteiger partial charge in [0.1, 0.15) is 22.7 Å². The lowest BCUT2D eigenvalue weighted by molar-refractivity contribution is -0.138. The zero-order valence-corrected chi connectivity index (χ0v) is 22.1. The van der Waals surface area contributed by atoms with Crippen LogP contribution in [-0.4, -0.2) is 29.3 Å². The van der Waals surface area contributed by atoms with Crippen LogP contribution in [0, 0.1) is 0 Å². The van der Waals surface area contributed by atoms with Crippen LogP contribution in [0.15, 0.2) is 76.3 Å². The second kappa shape index (κ2) is 10.5. The molecule has 1 amide bonds. The van der Waals surface area contributed by atoms with Crippen LogP contribution in [0.1, 0.15) is 11.1 Å². The number of anilines is 1. The van der Waals surface area contributed by atoms with Crippen molar-refractivity contribution in [3.63, 3.8) is 0 Å². The highest BCUT2D eigenvalue weighted by Gasteiger charge is 2.33. The number of carbonyl (C=O) groups is 1. The van der Waals surface area contributed by atoms with Gasteiger partial charge in [-0.1, -0.05) is 36.4 Å². The summed E-state index contributed by atoms with van der Waals surface area (Å²) in [5, 5.41) is 3.27. The van der Waals surface area contributed by atoms with Gasteiger partial charge in [-0.25, -0.2) is 4.79 Å². The third-order valence-electron chi connectivity index (χ3n) is 6.38. The maximum Gasteiger partial charge on any atom is 0.416 e. The molecule has 0 aliphatic carbocycles. The zero-order chi connectivity index (χ0) is 28.6. The number of aromatic nitrogens is 2. The molecule has 2 aromatic heterocycles. The highest BCUT2D eigenvalue weighted by atomic mass is 32.1. The van der Waals surface area contributed by atoms with Gasteiger partial charge >= 0.3 is 11.9 Å². The van der Waals surface area contributed by atoms with Gasteiger partial charge < -0.3 is 14.8 Å². The number of nitrogens with one attached hydrogen (secondary N) is 1. The van der Waals surface area contributed by atoms with E-state index in [0.29, 0.717) is 27.3 Å². The van der Waals surface area contributed by atoms with Gasteiger partial charge in [-0.3, -0.25) is 18.7 Å². The number of amides is 1. The van der Waals surface area contributed by atoms with Gasteiger partial charge in [-0.2, -0.15) is 13.2 Å². The molecular formula is C28H22F3N3O5S. The molecule has 5 rings (SSSR count). The number of thiophene rings is 1. The number of hydrogen-bond donors (Lipinski definition) is 1. The van der Waals surface area contributed by atoms with E-state index in [-0.39, 0.29) is 15.8 Å². The number of ether oxygens (including phenoxy) is 2. The molecule has 206 valence electrons. The van der Waals surface area contributed by atoms with Gasteiger partial charge in [0.05, 0.1) is 37.5 Å². The van der Waals surface area contributed by atoms with Crippen molar-refractivity contribution in [2.45, 2.75) is 19.3 Å². The van der Waals surface area contributed by atoms with E-state index in [9.17, 15) is 27.6 Å². The molecule has 8 nitrogen and oxygen atoms in total. The van der Waals surface area contributed by atoms with Crippen LogP contribution in [0.25, 0.3) is 20.3 Å². The fraction of sp³-hybridized carbons (Fsp3) is 0.179. The summed E-state index contributed by atoms with van der Waals surface area (Å²) in [7, 11) is 2.91. The Hall–Kier alpha value is -4.58. The number of halogens is 3. The Bertz CT molecular complexity index is 1870. The lowest BCUT2D eigenvalue weighted by Crippen LogP contribution is -2.41. The van der Waals surface area contributed by atoms with E-state index in [1.165, 1.54) is 32.4 Å². The Kier molecular flexibility index (Phi) is 7.11. The van der Waals surface area contributed by atoms with E-state index in [1.54, 1.807) is 42.5 Å². The van der Waals surface area contributed by atoms with Crippen LogP contribution in [0.5, 0.6) is 11.5 Å². The summed E-state index contributed by atoms with van der Waals surface area (Å²) in [6.07, 6.45) is -4.68. The summed E-state index contributed by atoms with van der Waals surface area (Å²) < 4.78 is 54.2. The first-order chi connectivity index (χ1) is 19.1. The number of rotatable bonds is 7. The first-order valence-electron chi connectivity index (χ1n) is 11.9. The third-order valence-corrected chi connectivity index (χ3v) is 7.52. The predicted molar refractivity (Wildman–Crippen MR) is 147 cm³/mol. The topological polar surface area (TPSA) is 91.6 Å². The molecule has 3 aromatic carbocycles. The molecule has 0 bridgehead atoms. The normalized spacial score (nSPS) is 11.6. The number of carbonyl (C=O) groups excluding carboxylic acids is 1. The Morgan fingerprint density at radius 3 is 2.40 bits per heavy atom. The van der Waals surface area contributed by atoms with E-state index < -0.39 is 42.0 Å². The van der Waals surface area contributed by atoms with Crippen molar-refractivity contribution in [3.8, 4) is 11.5 Å². The SMILES string of the molecule is COc1ccc(NC(=O)Cn2c(=O)n(Cc3ccccc3C(F)(F)F)c(=O)c3sc4ccccc4c32)c(OC)c1. The van der Waals surface area contributed by atoms with Crippen LogP contribution in [0.2, 0.25) is 0 Å². The maximum atomic E-state index is 13.7. The van der Waals surface area contributed by atoms with Crippen LogP contribution < -0.4 is 26.0 Å². The zero-order valence-electron chi connectivity index (χ0n) is 21.2. The Labute approximate surface area is 228 Å². The Morgan fingerprint density at radius 1 is 0.950 bits per heavy atom. The van der Waals surface area contributed by atoms with Crippen molar-refractivity contribution in [2.75, 3.05) is 19.5 Å². The van der Waals surface area contributed by atoms with Gasteiger partial charge in [0.2, 0.25) is 5.91 Å². The molecule has 0 atom stereocenters. The fourth-order valence-electron chi connectivity index (χ4n) is 4.52. The van der Waals surface area contributed by atoms with Crippen molar-refractivity contribution < 1.29 is 27.4 Å². The highest BCUT2D eigenvalue weighted by molar-refractivity contribution is 7.25. The number of benzene rings is 3. The number of alkyl halides is 3. The van der Waals surface area contributed by atoms with Gasteiger partial charge in [-0.05, 0) is 29.8 Å². The van der Waals surface area contributed by atoms with E-state index in [1.807, 2.05) is 0 Å². The van der Waals surface area contributed by atoms with Gasteiger partial charge in [-0.15, -0.1) is 11.3 Å². The van der Waals surface area contributed by atoms with Crippen LogP contribution in [0.3, 0.4) is 0 Å². The number of hydrogen-bond acceptors (Lipinski definition) is 6. The maximum absolute atomic E-state index is 13.7. The van der Waals surface area contributed by atoms with E-state index >= 15 is 0 Å². The molecule has 40 heavy (non-hydrogen) atoms. The molecule has 5 aromatic rings. The Balaban J connectivity index is 1.64. The second-order valence-corrected chi connectivity index (χ2v) is 9.86. The molecular weight excluding hydrogens is 547 g/mol. The van der Waals surface area contributed by atoms with E-state index in [4.69, 9.17) is 9.47 Å². The van der Waals surface area contributed by atoms with Gasteiger partial charge in [0.25, 0.3) is 5.56 Å². The predicted octanol–water partition coefficient (Wildman–Crippen LogP) is 5.10. The van der Waals surface area contributed by atoms with Crippen molar-refractivity contribution in [1.82, 2.24) is 9.13 Å². The van der Waals surface area contributed by atoms with Crippen LogP contribution in [0.4, 0.5) is 18.9 Å². The van der Waals surface area contributed by atoms with Gasteiger partial charge in [0.15, 0.2) is 0 Å². The molecule has 0 saturated carbocycles. The van der Waals surface area contributed by atoms with Crippen molar-refractivity contribution in [1.29, 1.82) is 0 Å². The van der Waals surface area contributed by atoms with Crippen LogP contribution in [-0.2, 0) is 24.1 Å². The van der Waals surface area contributed by atoms with Crippen LogP contribution >= 0.6 is 11.3 Å². The fourth-order valence-corrected chi connectivity index (χ4v) is 5.68. The molecule has 12 heteroatoms. The van der Waals surface area contributed by atoms with E-state index in [2.05, 4.69) is 5.32 Å². The number of fused-ring (bicyclic) bond motifs is 3. The molecule has 2 heterocycles. The molecule has 0 aliphatic heterocycles. The lowest BCUT2D eigenvalue weighted by atomic mass is 10.1. The standard InChI is InChI=1S/C28H22F3N3O5S/c1-38-17-11-12-20(21(13-17)39-2)32-23(35)15-33-24-18-8-4-6-10-22(18)40-25(24)26(36)34(27(33)37)14-16-7-3-5-9-19(16)28(29,30)31/h3-13H,14-15H2,1-2H3,(H,32,35). The first-order valence-corrected chi connectivity index (χ1v) is 12.8. The summed E-state index contributed by atoms with van der Waals surface area (Å²) in [5.74, 6) is 0.215. The van der Waals surface area contributed by atoms with E-state index in [0.717, 1.165) is 26.5 Å². The minimum Gasteiger partial charge on any atom is -0.497 e. The van der Waals surface area contributed by atoms with Crippen molar-refractivity contribution >= 4 is 43.2 Å². The smallest absolute Gasteiger partial charge is 0.416 e. The number of methoxy groups -OCH3 is 2. The molecule has 1 N–H and O–H groups in total. The molecule has 0 unspecified atom stereocenters. The summed E-state index contributed by atoms with van der Waals surface area (Å²) in [5.41, 5.74) is -2.27. The summed E-state index contributed by atoms with van der Waals surface area (Å²) in [4.78, 5) is 40.4. The quantitative estimate of drug-likeness (QED) is 0.295. The van der Waals surface area contributed by atoms with Crippen molar-refractivity contribution in [2.24, 2.45) is 0 Å². The summed E-state index contributed by atoms with van der Waals surface area (Å²) in [6.45, 7) is -1.13. The summed E-state index contributed by atoms with van der Waals surface area (Å²) >= 11 is 1.11.